The summed E-state index contributed by atoms with van der Waals surface area (Å²) in [6, 6.07) is 10.1. The maximum Gasteiger partial charge on any atom is 0.342 e. The lowest BCUT2D eigenvalue weighted by molar-refractivity contribution is -0.121. The number of unbranched alkanes of at least 4 members (excludes halogenated alkanes) is 3. The molecule has 0 radical (unpaired) electrons. The highest BCUT2D eigenvalue weighted by atomic mass is 16.5. The first-order valence-corrected chi connectivity index (χ1v) is 12.1. The van der Waals surface area contributed by atoms with Gasteiger partial charge in [-0.1, -0.05) is 57.4 Å². The van der Waals surface area contributed by atoms with Crippen LogP contribution >= 0.6 is 0 Å². The van der Waals surface area contributed by atoms with E-state index in [0.717, 1.165) is 30.0 Å². The highest BCUT2D eigenvalue weighted by Gasteiger charge is 2.25. The number of nitrogens with one attached hydrogen (secondary N) is 1. The molecule has 192 valence electrons. The summed E-state index contributed by atoms with van der Waals surface area (Å²) < 4.78 is 6.45. The second kappa shape index (κ2) is 12.1. The summed E-state index contributed by atoms with van der Waals surface area (Å²) >= 11 is 0. The molecule has 0 aliphatic rings. The van der Waals surface area contributed by atoms with Crippen LogP contribution < -0.4 is 21.9 Å². The number of hydrogen-bond acceptors (Lipinski definition) is 7. The van der Waals surface area contributed by atoms with Crippen LogP contribution in [0.4, 0.5) is 11.5 Å². The van der Waals surface area contributed by atoms with Crippen LogP contribution in [0.5, 0.6) is 5.75 Å². The normalized spacial score (nSPS) is 10.9. The molecule has 0 saturated carbocycles. The Morgan fingerprint density at radius 1 is 1.06 bits per heavy atom. The van der Waals surface area contributed by atoms with Crippen molar-refractivity contribution >= 4 is 34.2 Å². The summed E-state index contributed by atoms with van der Waals surface area (Å²) in [6.45, 7) is 3.72. The van der Waals surface area contributed by atoms with Crippen molar-refractivity contribution in [3.8, 4) is 5.75 Å². The number of anilines is 2. The smallest absolute Gasteiger partial charge is 0.342 e. The third kappa shape index (κ3) is 5.94. The lowest BCUT2D eigenvalue weighted by atomic mass is 10.1. The number of esters is 1. The van der Waals surface area contributed by atoms with Gasteiger partial charge in [0, 0.05) is 13.1 Å². The summed E-state index contributed by atoms with van der Waals surface area (Å²) in [6.07, 6.45) is 3.71. The standard InChI is InChI=1S/C26H32N4O6/c1-3-5-9-13-29(22-23(27)30(12-6-4-2)26(35)28-24(22)33)21(32)16-36-25(34)19-14-17-10-7-8-11-18(17)15-20(19)31/h7-8,10-11,14-15,31H,3-6,9,12-13,16,27H2,1-2H3,(H,28,33,35). The monoisotopic (exact) mass is 496 g/mol. The number of nitrogens with two attached hydrogens (primary N) is 1. The Kier molecular flexibility index (Phi) is 8.88. The number of ether oxygens (including phenoxy) is 1. The zero-order valence-corrected chi connectivity index (χ0v) is 20.6. The van der Waals surface area contributed by atoms with Crippen molar-refractivity contribution in [2.45, 2.75) is 52.5 Å². The summed E-state index contributed by atoms with van der Waals surface area (Å²) in [4.78, 5) is 54.3. The van der Waals surface area contributed by atoms with E-state index < -0.39 is 29.7 Å². The number of phenols is 1. The molecule has 3 rings (SSSR count). The molecular formula is C26H32N4O6. The number of H-pyrrole nitrogens is 1. The predicted octanol–water partition coefficient (Wildman–Crippen LogP) is 3.16. The number of carbonyl (C=O) groups is 2. The molecule has 1 heterocycles. The predicted molar refractivity (Wildman–Crippen MR) is 138 cm³/mol. The topological polar surface area (TPSA) is 148 Å². The van der Waals surface area contributed by atoms with Crippen molar-refractivity contribution in [1.29, 1.82) is 0 Å². The zero-order chi connectivity index (χ0) is 26.2. The maximum atomic E-state index is 13.2. The average Bonchev–Trinajstić information content (AvgIpc) is 2.85. The van der Waals surface area contributed by atoms with E-state index in [1.165, 1.54) is 21.6 Å². The number of nitrogens with zero attached hydrogens (tertiary/aromatic N) is 2. The second-order valence-electron chi connectivity index (χ2n) is 8.54. The number of phenolic OH excluding ortho intramolecular Hbond substituents is 1. The van der Waals surface area contributed by atoms with Crippen LogP contribution in [0.15, 0.2) is 46.0 Å². The van der Waals surface area contributed by atoms with E-state index in [0.29, 0.717) is 12.8 Å². The van der Waals surface area contributed by atoms with Gasteiger partial charge in [0.2, 0.25) is 0 Å². The Balaban J connectivity index is 1.87. The molecule has 1 amide bonds. The summed E-state index contributed by atoms with van der Waals surface area (Å²) in [5, 5.41) is 11.8. The van der Waals surface area contributed by atoms with E-state index in [4.69, 9.17) is 10.5 Å². The number of fused-ring (bicyclic) bond motifs is 1. The van der Waals surface area contributed by atoms with Gasteiger partial charge in [-0.05, 0) is 35.7 Å². The first-order chi connectivity index (χ1) is 17.3. The zero-order valence-electron chi connectivity index (χ0n) is 20.6. The maximum absolute atomic E-state index is 13.2. The molecule has 0 aliphatic carbocycles. The van der Waals surface area contributed by atoms with Gasteiger partial charge in [0.25, 0.3) is 11.5 Å². The number of hydrogen-bond donors (Lipinski definition) is 3. The third-order valence-electron chi connectivity index (χ3n) is 5.92. The molecule has 0 spiro atoms. The van der Waals surface area contributed by atoms with Gasteiger partial charge in [-0.2, -0.15) is 0 Å². The van der Waals surface area contributed by atoms with Crippen molar-refractivity contribution < 1.29 is 19.4 Å². The van der Waals surface area contributed by atoms with Crippen molar-refractivity contribution in [2.24, 2.45) is 0 Å². The molecular weight excluding hydrogens is 464 g/mol. The molecule has 0 unspecified atom stereocenters. The van der Waals surface area contributed by atoms with Gasteiger partial charge in [0.15, 0.2) is 12.3 Å². The van der Waals surface area contributed by atoms with Gasteiger partial charge in [-0.15, -0.1) is 0 Å². The molecule has 0 saturated heterocycles. The number of rotatable bonds is 11. The lowest BCUT2D eigenvalue weighted by Gasteiger charge is -2.24. The third-order valence-corrected chi connectivity index (χ3v) is 5.92. The molecule has 0 bridgehead atoms. The van der Waals surface area contributed by atoms with Crippen LogP contribution in [-0.4, -0.2) is 39.7 Å². The number of aromatic nitrogens is 2. The molecule has 3 aromatic rings. The van der Waals surface area contributed by atoms with Gasteiger partial charge in [0.1, 0.15) is 17.1 Å². The molecule has 0 aliphatic heterocycles. The van der Waals surface area contributed by atoms with Crippen molar-refractivity contribution in [2.75, 3.05) is 23.8 Å². The summed E-state index contributed by atoms with van der Waals surface area (Å²) in [7, 11) is 0. The second-order valence-corrected chi connectivity index (χ2v) is 8.54. The number of benzene rings is 2. The highest BCUT2D eigenvalue weighted by Crippen LogP contribution is 2.26. The quantitative estimate of drug-likeness (QED) is 0.273. The van der Waals surface area contributed by atoms with Crippen molar-refractivity contribution in [3.05, 3.63) is 62.8 Å². The van der Waals surface area contributed by atoms with E-state index in [9.17, 15) is 24.3 Å². The van der Waals surface area contributed by atoms with E-state index in [1.54, 1.807) is 18.2 Å². The van der Waals surface area contributed by atoms with E-state index in [2.05, 4.69) is 4.98 Å². The van der Waals surface area contributed by atoms with Gasteiger partial charge in [-0.25, -0.2) is 9.59 Å². The molecule has 0 fully saturated rings. The van der Waals surface area contributed by atoms with Gasteiger partial charge in [0.05, 0.1) is 0 Å². The number of nitrogen functional groups attached to an aromatic ring is 1. The highest BCUT2D eigenvalue weighted by molar-refractivity contribution is 6.01. The fourth-order valence-corrected chi connectivity index (χ4v) is 3.93. The minimum absolute atomic E-state index is 0.0792. The molecule has 10 heteroatoms. The van der Waals surface area contributed by atoms with E-state index in [-0.39, 0.29) is 35.9 Å². The SMILES string of the molecule is CCCCCN(C(=O)COC(=O)c1cc2ccccc2cc1O)c1c(N)n(CCCC)c(=O)[nH]c1=O. The molecule has 1 aromatic heterocycles. The van der Waals surface area contributed by atoms with Crippen LogP contribution in [-0.2, 0) is 16.1 Å². The first kappa shape index (κ1) is 26.5. The lowest BCUT2D eigenvalue weighted by Crippen LogP contribution is -2.43. The summed E-state index contributed by atoms with van der Waals surface area (Å²) in [5.74, 6) is -1.93. The fourth-order valence-electron chi connectivity index (χ4n) is 3.93. The van der Waals surface area contributed by atoms with Gasteiger partial charge >= 0.3 is 11.7 Å². The Labute approximate surface area is 208 Å². The minimum atomic E-state index is -0.880. The Bertz CT molecular complexity index is 1360. The van der Waals surface area contributed by atoms with Crippen LogP contribution in [0.2, 0.25) is 0 Å². The number of amides is 1. The van der Waals surface area contributed by atoms with Crippen LogP contribution in [0.25, 0.3) is 10.8 Å². The van der Waals surface area contributed by atoms with E-state index in [1.807, 2.05) is 19.9 Å². The van der Waals surface area contributed by atoms with Crippen molar-refractivity contribution in [1.82, 2.24) is 9.55 Å². The summed E-state index contributed by atoms with van der Waals surface area (Å²) in [5.41, 5.74) is 4.55. The Hall–Kier alpha value is -4.08. The van der Waals surface area contributed by atoms with Gasteiger partial charge < -0.3 is 20.5 Å². The van der Waals surface area contributed by atoms with Crippen molar-refractivity contribution in [3.63, 3.8) is 0 Å². The van der Waals surface area contributed by atoms with Crippen LogP contribution in [0, 0.1) is 0 Å². The average molecular weight is 497 g/mol. The van der Waals surface area contributed by atoms with Crippen LogP contribution in [0.3, 0.4) is 0 Å². The number of aromatic amines is 1. The fraction of sp³-hybridized carbons (Fsp3) is 0.385. The molecule has 10 nitrogen and oxygen atoms in total. The minimum Gasteiger partial charge on any atom is -0.507 e. The van der Waals surface area contributed by atoms with Crippen LogP contribution in [0.1, 0.15) is 56.3 Å². The Morgan fingerprint density at radius 2 is 1.72 bits per heavy atom. The largest absolute Gasteiger partial charge is 0.507 e. The Morgan fingerprint density at radius 3 is 2.39 bits per heavy atom. The van der Waals surface area contributed by atoms with E-state index >= 15 is 0 Å². The molecule has 4 N–H and O–H groups in total. The number of carbonyl (C=O) groups excluding carboxylic acids is 2. The van der Waals surface area contributed by atoms with Gasteiger partial charge in [-0.3, -0.25) is 19.1 Å². The number of aromatic hydroxyl groups is 1. The molecule has 36 heavy (non-hydrogen) atoms. The first-order valence-electron chi connectivity index (χ1n) is 12.1. The molecule has 2 aromatic carbocycles. The molecule has 0 atom stereocenters.